The summed E-state index contributed by atoms with van der Waals surface area (Å²) >= 11 is 0. The Bertz CT molecular complexity index is 1420. The van der Waals surface area contributed by atoms with E-state index in [0.29, 0.717) is 19.3 Å². The van der Waals surface area contributed by atoms with Crippen molar-refractivity contribution in [2.75, 3.05) is 13.2 Å². The number of hydrogen-bond acceptors (Lipinski definition) is 6. The third-order valence-electron chi connectivity index (χ3n) is 10.8. The molecule has 0 aliphatic rings. The SMILES string of the molecule is CC/C=C/C=C/C=C/C=C/C=C/CCCC(=O)OCC(COC(=O)CCCCCCCCCCCC/C=C/C=C/CCCCC)OC(=O)CCCCCCCC/C=C/C/C=C/C/C=C/CC. The lowest BCUT2D eigenvalue weighted by Gasteiger charge is -2.18. The lowest BCUT2D eigenvalue weighted by Crippen LogP contribution is -2.30. The Kier molecular flexibility index (Phi) is 50.0. The van der Waals surface area contributed by atoms with E-state index in [9.17, 15) is 14.4 Å². The van der Waals surface area contributed by atoms with Gasteiger partial charge in [0.05, 0.1) is 0 Å². The molecule has 0 saturated heterocycles. The van der Waals surface area contributed by atoms with Crippen LogP contribution in [0.3, 0.4) is 0 Å². The number of hydrogen-bond donors (Lipinski definition) is 0. The van der Waals surface area contributed by atoms with Crippen LogP contribution in [0, 0.1) is 0 Å². The molecule has 0 rings (SSSR count). The number of esters is 3. The highest BCUT2D eigenvalue weighted by Gasteiger charge is 2.19. The minimum Gasteiger partial charge on any atom is -0.462 e. The molecule has 6 heteroatoms. The van der Waals surface area contributed by atoms with Gasteiger partial charge in [-0.1, -0.05) is 232 Å². The van der Waals surface area contributed by atoms with Crippen LogP contribution in [0.5, 0.6) is 0 Å². The average Bonchev–Trinajstić information content (AvgIpc) is 3.31. The molecule has 0 heterocycles. The Morgan fingerprint density at radius 1 is 0.333 bits per heavy atom. The molecule has 1 atom stereocenters. The van der Waals surface area contributed by atoms with Gasteiger partial charge < -0.3 is 14.2 Å². The molecule has 66 heavy (non-hydrogen) atoms. The first-order chi connectivity index (χ1) is 32.5. The minimum atomic E-state index is -0.818. The van der Waals surface area contributed by atoms with Crippen LogP contribution < -0.4 is 0 Å². The van der Waals surface area contributed by atoms with E-state index < -0.39 is 6.10 Å². The molecule has 0 aliphatic carbocycles. The lowest BCUT2D eigenvalue weighted by atomic mass is 10.1. The molecule has 0 N–H and O–H groups in total. The molecule has 0 aromatic carbocycles. The van der Waals surface area contributed by atoms with Crippen molar-refractivity contribution in [2.45, 2.75) is 226 Å². The first-order valence-electron chi connectivity index (χ1n) is 26.6. The molecule has 0 amide bonds. The first kappa shape index (κ1) is 61.8. The summed E-state index contributed by atoms with van der Waals surface area (Å²) in [6.07, 6.45) is 73.3. The van der Waals surface area contributed by atoms with Crippen LogP contribution in [0.4, 0.5) is 0 Å². The van der Waals surface area contributed by atoms with E-state index in [1.54, 1.807) is 0 Å². The van der Waals surface area contributed by atoms with Gasteiger partial charge in [-0.15, -0.1) is 0 Å². The zero-order valence-electron chi connectivity index (χ0n) is 42.4. The van der Waals surface area contributed by atoms with Gasteiger partial charge in [0, 0.05) is 19.3 Å². The van der Waals surface area contributed by atoms with Crippen molar-refractivity contribution in [1.29, 1.82) is 0 Å². The molecule has 0 aromatic heterocycles. The van der Waals surface area contributed by atoms with Crippen molar-refractivity contribution in [3.8, 4) is 0 Å². The number of allylic oxidation sites excluding steroid dienone is 20. The molecule has 6 nitrogen and oxygen atoms in total. The van der Waals surface area contributed by atoms with Crippen molar-refractivity contribution >= 4 is 17.9 Å². The molecule has 0 spiro atoms. The highest BCUT2D eigenvalue weighted by Crippen LogP contribution is 2.14. The summed E-state index contributed by atoms with van der Waals surface area (Å²) < 4.78 is 16.7. The van der Waals surface area contributed by atoms with Gasteiger partial charge in [-0.25, -0.2) is 0 Å². The van der Waals surface area contributed by atoms with E-state index in [2.05, 4.69) is 87.6 Å². The molecule has 0 saturated carbocycles. The highest BCUT2D eigenvalue weighted by molar-refractivity contribution is 5.71. The largest absolute Gasteiger partial charge is 0.462 e. The van der Waals surface area contributed by atoms with Gasteiger partial charge in [-0.05, 0) is 89.9 Å². The van der Waals surface area contributed by atoms with Crippen LogP contribution in [0.25, 0.3) is 0 Å². The fraction of sp³-hybridized carbons (Fsp3) is 0.617. The normalized spacial score (nSPS) is 13.1. The summed E-state index contributed by atoms with van der Waals surface area (Å²) in [6.45, 7) is 6.27. The van der Waals surface area contributed by atoms with E-state index >= 15 is 0 Å². The Labute approximate surface area is 405 Å². The maximum Gasteiger partial charge on any atom is 0.306 e. The minimum absolute atomic E-state index is 0.111. The molecule has 372 valence electrons. The summed E-state index contributed by atoms with van der Waals surface area (Å²) in [7, 11) is 0. The topological polar surface area (TPSA) is 78.9 Å². The molecule has 0 radical (unpaired) electrons. The van der Waals surface area contributed by atoms with E-state index in [-0.39, 0.29) is 37.5 Å². The van der Waals surface area contributed by atoms with Crippen molar-refractivity contribution in [2.24, 2.45) is 0 Å². The van der Waals surface area contributed by atoms with Gasteiger partial charge in [0.25, 0.3) is 0 Å². The van der Waals surface area contributed by atoms with Crippen molar-refractivity contribution in [1.82, 2.24) is 0 Å². The van der Waals surface area contributed by atoms with E-state index in [4.69, 9.17) is 14.2 Å². The van der Waals surface area contributed by atoms with Crippen LogP contribution in [0.1, 0.15) is 220 Å². The number of rotatable bonds is 46. The number of carbonyl (C=O) groups is 3. The van der Waals surface area contributed by atoms with Crippen LogP contribution >= 0.6 is 0 Å². The Morgan fingerprint density at radius 2 is 0.682 bits per heavy atom. The quantitative estimate of drug-likeness (QED) is 0.0199. The second-order valence-corrected chi connectivity index (χ2v) is 17.2. The summed E-state index contributed by atoms with van der Waals surface area (Å²) in [5, 5.41) is 0. The summed E-state index contributed by atoms with van der Waals surface area (Å²) in [6, 6.07) is 0. The zero-order valence-corrected chi connectivity index (χ0v) is 42.4. The third kappa shape index (κ3) is 50.8. The Hall–Kier alpha value is -4.19. The second-order valence-electron chi connectivity index (χ2n) is 17.2. The first-order valence-corrected chi connectivity index (χ1v) is 26.6. The predicted octanol–water partition coefficient (Wildman–Crippen LogP) is 17.7. The summed E-state index contributed by atoms with van der Waals surface area (Å²) in [5.41, 5.74) is 0. The van der Waals surface area contributed by atoms with Crippen LogP contribution in [-0.4, -0.2) is 37.2 Å². The van der Waals surface area contributed by atoms with Gasteiger partial charge in [-0.2, -0.15) is 0 Å². The van der Waals surface area contributed by atoms with Crippen LogP contribution in [0.2, 0.25) is 0 Å². The highest BCUT2D eigenvalue weighted by atomic mass is 16.6. The van der Waals surface area contributed by atoms with Crippen molar-refractivity contribution in [3.63, 3.8) is 0 Å². The number of ether oxygens (including phenoxy) is 3. The van der Waals surface area contributed by atoms with Gasteiger partial charge in [0.1, 0.15) is 13.2 Å². The van der Waals surface area contributed by atoms with Crippen molar-refractivity contribution in [3.05, 3.63) is 122 Å². The second kappa shape index (κ2) is 53.4. The molecule has 0 aliphatic heterocycles. The maximum absolute atomic E-state index is 12.8. The van der Waals surface area contributed by atoms with Crippen LogP contribution in [-0.2, 0) is 28.6 Å². The lowest BCUT2D eigenvalue weighted by molar-refractivity contribution is -0.167. The standard InChI is InChI=1S/C60H96O6/c1-4-7-10-13-16-19-22-25-27-29-30-31-33-35-38-41-44-47-50-53-59(62)65-56-57(55-64-58(61)52-49-46-43-40-37-34-24-21-18-15-12-9-6-3)66-60(63)54-51-48-45-42-39-36-32-28-26-23-20-17-14-11-8-5-2/h8-9,11-12,15-22,24-26,28,34,37,40,43,57H,4-7,10,13-14,23,27,29-33,35-36,38-39,41-42,44-56H2,1-3H3/b11-8+,12-9+,18-15+,19-16+,20-17+,24-21+,25-22+,28-26+,37-34+,43-40+. The van der Waals surface area contributed by atoms with E-state index in [0.717, 1.165) is 83.5 Å². The molecule has 0 aromatic rings. The van der Waals surface area contributed by atoms with Gasteiger partial charge in [0.15, 0.2) is 6.10 Å². The van der Waals surface area contributed by atoms with E-state index in [1.807, 2.05) is 54.7 Å². The average molecular weight is 913 g/mol. The van der Waals surface area contributed by atoms with Crippen LogP contribution in [0.15, 0.2) is 122 Å². The van der Waals surface area contributed by atoms with Gasteiger partial charge in [0.2, 0.25) is 0 Å². The van der Waals surface area contributed by atoms with Crippen molar-refractivity contribution < 1.29 is 28.6 Å². The number of unbranched alkanes of at least 4 members (excludes halogenated alkanes) is 20. The van der Waals surface area contributed by atoms with Gasteiger partial charge >= 0.3 is 17.9 Å². The molecule has 1 unspecified atom stereocenters. The Morgan fingerprint density at radius 3 is 1.18 bits per heavy atom. The predicted molar refractivity (Wildman–Crippen MR) is 283 cm³/mol. The van der Waals surface area contributed by atoms with E-state index in [1.165, 1.54) is 89.9 Å². The smallest absolute Gasteiger partial charge is 0.306 e. The maximum atomic E-state index is 12.8. The number of carbonyl (C=O) groups excluding carboxylic acids is 3. The summed E-state index contributed by atoms with van der Waals surface area (Å²) in [4.78, 5) is 38.0. The summed E-state index contributed by atoms with van der Waals surface area (Å²) in [5.74, 6) is -1.01. The molecular formula is C60H96O6. The fourth-order valence-corrected chi connectivity index (χ4v) is 6.89. The third-order valence-corrected chi connectivity index (χ3v) is 10.8. The van der Waals surface area contributed by atoms with Gasteiger partial charge in [-0.3, -0.25) is 14.4 Å². The molecular weight excluding hydrogens is 817 g/mol. The molecule has 0 bridgehead atoms. The zero-order chi connectivity index (χ0) is 47.9. The molecule has 0 fully saturated rings. The fourth-order valence-electron chi connectivity index (χ4n) is 6.89. The Balaban J connectivity index is 4.48. The monoisotopic (exact) mass is 913 g/mol.